The standard InChI is InChI=1S/C17H11Cl2FN4O.C14H7Cl2FN4O2.C14H9Cl2FN4.C3H3ClO.C2H6O2/c1-2-16(25)23-9-3-4-14-10(5-9)17(22-8-21-14)24-15-7-12(19)11(18)6-13(15)20;15-9-4-11(17)13(5-10(9)16)20-14-8-3-7(21(22)23)1-2-12(8)18-6-19-14;15-9-4-11(17)13(5-10(9)16)21-14-8-3-7(18)1-2-12(8)19-6-20-14;1-2-3(4)5;1-2-4-3/h2-8H,1H2,(H,23,25)(H,21,22,24);1-6H,(H,18,19,20);1-6H,18H2,(H,19,20,21);2H,1H2;3H,2H2,1H3. The Balaban J connectivity index is 0.000000200. The Bertz CT molecular complexity index is 3700. The van der Waals surface area contributed by atoms with Crippen LogP contribution in [0, 0.1) is 27.6 Å². The molecule has 0 bridgehead atoms. The van der Waals surface area contributed by atoms with Gasteiger partial charge >= 0.3 is 0 Å². The number of allylic oxidation sites excluding steroid dienone is 1. The first-order valence-electron chi connectivity index (χ1n) is 21.6. The van der Waals surface area contributed by atoms with Crippen LogP contribution in [0.2, 0.25) is 30.1 Å². The molecule has 1 amide bonds. The molecule has 7 N–H and O–H groups in total. The fourth-order valence-electron chi connectivity index (χ4n) is 6.10. The van der Waals surface area contributed by atoms with Gasteiger partial charge in [0.05, 0.1) is 75.3 Å². The van der Waals surface area contributed by atoms with E-state index in [1.807, 2.05) is 0 Å². The number of hydrogen-bond acceptors (Lipinski definition) is 16. The van der Waals surface area contributed by atoms with Crippen molar-refractivity contribution >= 4 is 177 Å². The van der Waals surface area contributed by atoms with Gasteiger partial charge in [0.1, 0.15) is 53.9 Å². The van der Waals surface area contributed by atoms with Gasteiger partial charge in [0.25, 0.3) is 5.69 Å². The average molecular weight is 1210 g/mol. The van der Waals surface area contributed by atoms with Gasteiger partial charge in [0, 0.05) is 39.7 Å². The number of non-ortho nitro benzene ring substituents is 1. The van der Waals surface area contributed by atoms with Gasteiger partial charge < -0.3 is 27.0 Å². The second-order valence-electron chi connectivity index (χ2n) is 14.9. The molecule has 9 aromatic rings. The van der Waals surface area contributed by atoms with E-state index in [-0.39, 0.29) is 64.6 Å². The number of rotatable bonds is 11. The molecule has 0 aliphatic heterocycles. The van der Waals surface area contributed by atoms with Crippen molar-refractivity contribution in [3.8, 4) is 0 Å². The number of fused-ring (bicyclic) bond motifs is 3. The van der Waals surface area contributed by atoms with Gasteiger partial charge in [-0.1, -0.05) is 82.8 Å². The highest BCUT2D eigenvalue weighted by Crippen LogP contribution is 2.35. The minimum Gasteiger partial charge on any atom is -0.399 e. The van der Waals surface area contributed by atoms with Crippen LogP contribution in [0.25, 0.3) is 32.7 Å². The zero-order valence-corrected chi connectivity index (χ0v) is 44.9. The maximum absolute atomic E-state index is 14.1. The first-order valence-corrected chi connectivity index (χ1v) is 24.2. The maximum Gasteiger partial charge on any atom is 0.270 e. The molecule has 0 radical (unpaired) electrons. The van der Waals surface area contributed by atoms with E-state index in [0.717, 1.165) is 30.4 Å². The fraction of sp³-hybridized carbons (Fsp3) is 0.0400. The number of amides is 1. The number of nitrogen functional groups attached to an aromatic ring is 1. The SMILES string of the molecule is C=CC(=O)Cl.C=CC(=O)Nc1ccc2ncnc(Nc3cc(Cl)c(Cl)cc3F)c2c1.CCOO.Nc1ccc2ncnc(Nc3cc(Cl)c(Cl)cc3F)c2c1.O=[N+]([O-])c1ccc2ncnc(Nc3cc(Cl)c(Cl)cc3F)c2c1. The Hall–Kier alpha value is -7.70. The number of nitro groups is 1. The predicted octanol–water partition coefficient (Wildman–Crippen LogP) is 15.5. The Kier molecular flexibility index (Phi) is 22.9. The summed E-state index contributed by atoms with van der Waals surface area (Å²) in [6.45, 7) is 8.57. The van der Waals surface area contributed by atoms with E-state index in [1.165, 1.54) is 55.4 Å². The largest absolute Gasteiger partial charge is 0.399 e. The minimum atomic E-state index is -0.628. The molecule has 78 heavy (non-hydrogen) atoms. The molecule has 0 spiro atoms. The maximum atomic E-state index is 14.1. The monoisotopic (exact) mass is 1200 g/mol. The number of anilines is 8. The van der Waals surface area contributed by atoms with Crippen molar-refractivity contribution < 1.29 is 37.8 Å². The summed E-state index contributed by atoms with van der Waals surface area (Å²) in [6, 6.07) is 21.8. The Labute approximate surface area is 475 Å². The minimum absolute atomic E-state index is 0.0471. The van der Waals surface area contributed by atoms with Gasteiger partial charge in [-0.3, -0.25) is 25.0 Å². The Morgan fingerprint density at radius 2 is 0.974 bits per heavy atom. The number of nitrogens with zero attached hydrogens (tertiary/aromatic N) is 7. The number of halogens is 10. The summed E-state index contributed by atoms with van der Waals surface area (Å²) >= 11 is 39.7. The molecule has 0 aliphatic carbocycles. The van der Waals surface area contributed by atoms with Crippen molar-refractivity contribution in [1.29, 1.82) is 0 Å². The van der Waals surface area contributed by atoms with E-state index >= 15 is 0 Å². The third kappa shape index (κ3) is 17.2. The van der Waals surface area contributed by atoms with Gasteiger partial charge in [-0.05, 0) is 110 Å². The summed E-state index contributed by atoms with van der Waals surface area (Å²) in [4.78, 5) is 59.4. The number of hydrogen-bond donors (Lipinski definition) is 6. The molecule has 28 heteroatoms. The molecule has 9 rings (SSSR count). The predicted molar refractivity (Wildman–Crippen MR) is 303 cm³/mol. The fourth-order valence-corrected chi connectivity index (χ4v) is 7.04. The number of nitro benzene ring substituents is 1. The first kappa shape index (κ1) is 61.2. The van der Waals surface area contributed by atoms with E-state index < -0.39 is 27.6 Å². The molecule has 6 aromatic carbocycles. The van der Waals surface area contributed by atoms with Crippen LogP contribution in [0.4, 0.5) is 64.7 Å². The van der Waals surface area contributed by atoms with Gasteiger partial charge in [-0.2, -0.15) is 0 Å². The second-order valence-corrected chi connectivity index (χ2v) is 17.7. The van der Waals surface area contributed by atoms with Crippen LogP contribution in [0.3, 0.4) is 0 Å². The molecule has 0 saturated carbocycles. The molecule has 3 aromatic heterocycles. The zero-order valence-electron chi connectivity index (χ0n) is 39.6. The second kappa shape index (κ2) is 29.2. The summed E-state index contributed by atoms with van der Waals surface area (Å²) in [6.07, 6.45) is 6.21. The van der Waals surface area contributed by atoms with Crippen LogP contribution in [0.1, 0.15) is 6.92 Å². The van der Waals surface area contributed by atoms with Gasteiger partial charge in [0.15, 0.2) is 0 Å². The average Bonchev–Trinajstić information content (AvgIpc) is 3.43. The topological polar surface area (TPSA) is 258 Å². The van der Waals surface area contributed by atoms with E-state index in [1.54, 1.807) is 43.3 Å². The molecule has 18 nitrogen and oxygen atoms in total. The number of carbonyl (C=O) groups is 2. The Morgan fingerprint density at radius 1 is 0.615 bits per heavy atom. The lowest BCUT2D eigenvalue weighted by Crippen LogP contribution is -2.07. The quantitative estimate of drug-likeness (QED) is 0.0134. The number of aromatic nitrogens is 6. The third-order valence-electron chi connectivity index (χ3n) is 9.66. The van der Waals surface area contributed by atoms with E-state index in [0.29, 0.717) is 62.3 Å². The van der Waals surface area contributed by atoms with Crippen molar-refractivity contribution in [3.63, 3.8) is 0 Å². The number of benzene rings is 6. The lowest BCUT2D eigenvalue weighted by atomic mass is 10.2. The molecule has 0 aliphatic rings. The molecule has 3 heterocycles. The summed E-state index contributed by atoms with van der Waals surface area (Å²) in [5.74, 6) is -1.06. The van der Waals surface area contributed by atoms with Crippen LogP contribution < -0.4 is 27.0 Å². The smallest absolute Gasteiger partial charge is 0.270 e. The number of carbonyl (C=O) groups excluding carboxylic acids is 2. The normalized spacial score (nSPS) is 10.3. The first-order chi connectivity index (χ1) is 37.2. The van der Waals surface area contributed by atoms with E-state index in [2.05, 4.69) is 69.2 Å². The molecule has 0 unspecified atom stereocenters. The highest BCUT2D eigenvalue weighted by Gasteiger charge is 2.16. The summed E-state index contributed by atoms with van der Waals surface area (Å²) < 4.78 is 42.0. The zero-order chi connectivity index (χ0) is 57.2. The van der Waals surface area contributed by atoms with Crippen molar-refractivity contribution in [3.05, 3.63) is 193 Å². The highest BCUT2D eigenvalue weighted by molar-refractivity contribution is 6.66. The van der Waals surface area contributed by atoms with Crippen molar-refractivity contribution in [2.75, 3.05) is 33.6 Å². The summed E-state index contributed by atoms with van der Waals surface area (Å²) in [7, 11) is 0. The molecule has 0 saturated heterocycles. The molecule has 0 fully saturated rings. The van der Waals surface area contributed by atoms with Crippen molar-refractivity contribution in [1.82, 2.24) is 29.9 Å². The van der Waals surface area contributed by atoms with Crippen molar-refractivity contribution in [2.24, 2.45) is 0 Å². The third-order valence-corrected chi connectivity index (χ3v) is 12.0. The summed E-state index contributed by atoms with van der Waals surface area (Å²) in [5.41, 5.74) is 8.88. The van der Waals surface area contributed by atoms with Crippen LogP contribution >= 0.6 is 81.2 Å². The van der Waals surface area contributed by atoms with Gasteiger partial charge in [0.2, 0.25) is 11.1 Å². The molecule has 402 valence electrons. The molecular formula is C50H36Cl7F3N12O6. The lowest BCUT2D eigenvalue weighted by molar-refractivity contribution is -0.384. The summed E-state index contributed by atoms with van der Waals surface area (Å²) in [5, 5.41) is 31.6. The van der Waals surface area contributed by atoms with Crippen molar-refractivity contribution in [2.45, 2.75) is 6.92 Å². The lowest BCUT2D eigenvalue weighted by Gasteiger charge is -2.11. The van der Waals surface area contributed by atoms with Crippen LogP contribution in [-0.2, 0) is 14.5 Å². The Morgan fingerprint density at radius 3 is 1.35 bits per heavy atom. The highest BCUT2D eigenvalue weighted by atomic mass is 35.5. The molecular weight excluding hydrogens is 1170 g/mol. The van der Waals surface area contributed by atoms with E-state index in [9.17, 15) is 32.9 Å². The van der Waals surface area contributed by atoms with Gasteiger partial charge in [-0.15, -0.1) is 0 Å². The van der Waals surface area contributed by atoms with E-state index in [4.69, 9.17) is 92.2 Å². The van der Waals surface area contributed by atoms with Gasteiger partial charge in [-0.25, -0.2) is 48.0 Å². The molecule has 0 atom stereocenters. The number of nitrogens with two attached hydrogens (primary N) is 1. The van der Waals surface area contributed by atoms with Crippen LogP contribution in [0.15, 0.2) is 135 Å². The van der Waals surface area contributed by atoms with Crippen LogP contribution in [-0.4, -0.2) is 57.8 Å². The van der Waals surface area contributed by atoms with Crippen LogP contribution in [0.5, 0.6) is 0 Å². The number of nitrogens with one attached hydrogen (secondary N) is 4.